The first-order chi connectivity index (χ1) is 53.9. The summed E-state index contributed by atoms with van der Waals surface area (Å²) in [4.78, 5) is 80.2. The van der Waals surface area contributed by atoms with E-state index in [1.165, 1.54) is 31.3 Å². The van der Waals surface area contributed by atoms with Gasteiger partial charge in [0.2, 0.25) is 0 Å². The van der Waals surface area contributed by atoms with Crippen molar-refractivity contribution in [2.75, 3.05) is 62.2 Å². The van der Waals surface area contributed by atoms with Gasteiger partial charge in [0, 0.05) is 72.8 Å². The fraction of sp³-hybridized carbons (Fsp3) is 0.556. The van der Waals surface area contributed by atoms with Crippen LogP contribution in [0.2, 0.25) is 5.04 Å². The molecule has 5 unspecified atom stereocenters. The highest BCUT2D eigenvalue weighted by molar-refractivity contribution is 6.99. The van der Waals surface area contributed by atoms with Gasteiger partial charge in [-0.05, 0) is 211 Å². The van der Waals surface area contributed by atoms with E-state index in [1.54, 1.807) is 148 Å². The maximum absolute atomic E-state index is 13.0. The van der Waals surface area contributed by atoms with Crippen LogP contribution in [-0.2, 0) is 37.6 Å². The first-order valence-electron chi connectivity index (χ1n) is 39.5. The molecule has 0 fully saturated rings. The number of carbonyl (C=O) groups is 6. The van der Waals surface area contributed by atoms with Gasteiger partial charge in [0.05, 0.1) is 68.9 Å². The van der Waals surface area contributed by atoms with E-state index in [0.717, 1.165) is 18.5 Å². The van der Waals surface area contributed by atoms with Crippen LogP contribution in [0.5, 0.6) is 0 Å². The van der Waals surface area contributed by atoms with Crippen molar-refractivity contribution >= 4 is 55.4 Å². The van der Waals surface area contributed by atoms with E-state index in [4.69, 9.17) is 60.0 Å². The fourth-order valence-electron chi connectivity index (χ4n) is 12.9. The molecule has 26 heteroatoms. The molecule has 0 aliphatic carbocycles. The van der Waals surface area contributed by atoms with Crippen LogP contribution in [0.15, 0.2) is 187 Å². The smallest absolute Gasteiger partial charge is 0.410 e. The molecular formula is C90H137N5O20Si. The molecule has 5 aromatic heterocycles. The Hall–Kier alpha value is -9.50. The number of benzene rings is 2. The van der Waals surface area contributed by atoms with Crippen molar-refractivity contribution in [1.29, 1.82) is 0 Å². The molecule has 2 aromatic carbocycles. The summed E-state index contributed by atoms with van der Waals surface area (Å²) in [5.74, 6) is 2.94. The van der Waals surface area contributed by atoms with Crippen LogP contribution in [0.25, 0.3) is 0 Å². The lowest BCUT2D eigenvalue weighted by Crippen LogP contribution is -2.66. The van der Waals surface area contributed by atoms with Crippen LogP contribution in [0.4, 0.5) is 24.0 Å². The van der Waals surface area contributed by atoms with Gasteiger partial charge in [-0.15, -0.1) is 0 Å². The average Bonchev–Trinajstić information content (AvgIpc) is 0.896. The Balaban J connectivity index is 0.000000388. The van der Waals surface area contributed by atoms with Crippen LogP contribution < -0.4 is 10.4 Å². The number of carbonyl (C=O) groups excluding carboxylic acids is 6. The van der Waals surface area contributed by atoms with Crippen molar-refractivity contribution in [3.63, 3.8) is 0 Å². The Morgan fingerprint density at radius 3 is 0.897 bits per heavy atom. The third kappa shape index (κ3) is 32.5. The van der Waals surface area contributed by atoms with E-state index in [-0.39, 0.29) is 84.2 Å². The Labute approximate surface area is 691 Å². The summed E-state index contributed by atoms with van der Waals surface area (Å²) in [6, 6.07) is 37.8. The van der Waals surface area contributed by atoms with Crippen LogP contribution >= 0.6 is 0 Å². The van der Waals surface area contributed by atoms with Crippen LogP contribution in [0, 0.1) is 29.6 Å². The van der Waals surface area contributed by atoms with Gasteiger partial charge >= 0.3 is 30.5 Å². The molecule has 0 aliphatic rings. The second-order valence-corrected chi connectivity index (χ2v) is 39.4. The molecule has 0 bridgehead atoms. The number of hydrogen-bond acceptors (Lipinski definition) is 20. The number of ether oxygens (including phenoxy) is 6. The predicted octanol–water partition coefficient (Wildman–Crippen LogP) is 19.8. The second kappa shape index (κ2) is 45.9. The van der Waals surface area contributed by atoms with Crippen LogP contribution in [0.1, 0.15) is 231 Å². The minimum absolute atomic E-state index is 0.00798. The fourth-order valence-corrected chi connectivity index (χ4v) is 17.4. The number of amides is 5. The van der Waals surface area contributed by atoms with Crippen molar-refractivity contribution in [2.24, 2.45) is 29.6 Å². The molecule has 25 nitrogen and oxygen atoms in total. The molecule has 0 spiro atoms. The largest absolute Gasteiger partial charge is 0.505 e. The quantitative estimate of drug-likeness (QED) is 0.0209. The summed E-state index contributed by atoms with van der Waals surface area (Å²) < 4.78 is 66.5. The van der Waals surface area contributed by atoms with E-state index in [0.29, 0.717) is 36.1 Å². The van der Waals surface area contributed by atoms with E-state index in [9.17, 15) is 33.9 Å². The minimum Gasteiger partial charge on any atom is -0.505 e. The third-order valence-electron chi connectivity index (χ3n) is 18.2. The summed E-state index contributed by atoms with van der Waals surface area (Å²) >= 11 is 0. The monoisotopic (exact) mass is 1640 g/mol. The first-order valence-corrected chi connectivity index (χ1v) is 41.4. The zero-order valence-corrected chi connectivity index (χ0v) is 75.5. The average molecular weight is 1640 g/mol. The Morgan fingerprint density at radius 1 is 0.388 bits per heavy atom. The number of nitrogens with zero attached hydrogens (tertiary/aromatic N) is 5. The summed E-state index contributed by atoms with van der Waals surface area (Å²) in [5, 5.41) is 20.9. The molecule has 0 saturated heterocycles. The molecule has 7 aromatic rings. The standard InChI is InChI=1S/C31H43NO4Si.C16H25NO4.C15H25NO4.C14H23NO4.C14H21NO4/c1-24(28(27-20-15-22-34-27)32(8)29(33)36-30(2,3)4)21-23-35-37(31(5,6)7,25-16-11-9-12-17-25)26-18-13-10-14-19-26;1-12(9-11-19-6)14(13-8-7-10-20-13)17(5)15(18)21-16(2,3)4;1-11(8-9-17)13(12-7-6-10-19-12)16(5)14(18)20-15(2,3)4;2*1-10(9-16)12(11-7-6-8-18-11)15(5)13(17)19-14(2,3)4/h9-20,22,24,28H,21,23H2,1-8H3;7-12,14H,1-6H3;6-7,10-11,13,17H,8-9H2,1-5H3;6-8,10,12,16H,9H2,1-5H3;6-10,12H,1-5H3/b;11-9+;;;/t24?,28-;12?,14-;11?,13-;2*10?,12-/m00000/s1. The Bertz CT molecular complexity index is 3880. The highest BCUT2D eigenvalue weighted by Crippen LogP contribution is 2.40. The summed E-state index contributed by atoms with van der Waals surface area (Å²) in [5.41, 5.74) is -2.79. The second-order valence-electron chi connectivity index (χ2n) is 35.1. The van der Waals surface area contributed by atoms with Gasteiger partial charge in [0.25, 0.3) is 8.32 Å². The molecule has 0 saturated carbocycles. The SMILES string of the molecule is CC(C=O)[C@@H](c1ccco1)N(C)C(=O)OC(C)(C)C.CC(CCO)[C@@H](c1ccco1)N(C)C(=O)OC(C)(C)C.CC(CCO[Si](c1ccccc1)(c1ccccc1)C(C)(C)C)[C@@H](c1ccco1)N(C)C(=O)OC(C)(C)C.CC(CO)[C@@H](c1ccco1)N(C)C(=O)OC(C)(C)C.CO/C=C/C(C)[C@@H](c1ccco1)N(C)C(=O)OC(C)(C)C. The van der Waals surface area contributed by atoms with Crippen molar-refractivity contribution < 1.29 is 93.9 Å². The van der Waals surface area contributed by atoms with Gasteiger partial charge in [-0.1, -0.05) is 116 Å². The van der Waals surface area contributed by atoms with Crippen molar-refractivity contribution in [3.8, 4) is 0 Å². The van der Waals surface area contributed by atoms with Gasteiger partial charge in [0.15, 0.2) is 0 Å². The maximum Gasteiger partial charge on any atom is 0.410 e. The molecule has 5 amide bonds. The van der Waals surface area contributed by atoms with Crippen molar-refractivity contribution in [2.45, 2.75) is 235 Å². The number of aliphatic hydroxyl groups is 2. The van der Waals surface area contributed by atoms with Gasteiger partial charge in [-0.2, -0.15) is 0 Å². The van der Waals surface area contributed by atoms with Gasteiger partial charge in [0.1, 0.15) is 69.1 Å². The number of aldehydes is 1. The van der Waals surface area contributed by atoms with Gasteiger partial charge < -0.3 is 94.4 Å². The zero-order valence-electron chi connectivity index (χ0n) is 74.5. The molecular weight excluding hydrogens is 1500 g/mol. The molecule has 2 N–H and O–H groups in total. The zero-order chi connectivity index (χ0) is 87.9. The van der Waals surface area contributed by atoms with Crippen LogP contribution in [-0.4, -0.2) is 170 Å². The van der Waals surface area contributed by atoms with Crippen molar-refractivity contribution in [1.82, 2.24) is 24.5 Å². The molecule has 646 valence electrons. The molecule has 116 heavy (non-hydrogen) atoms. The Morgan fingerprint density at radius 2 is 0.655 bits per heavy atom. The van der Waals surface area contributed by atoms with E-state index < -0.39 is 60.6 Å². The lowest BCUT2D eigenvalue weighted by molar-refractivity contribution is -0.112. The lowest BCUT2D eigenvalue weighted by Gasteiger charge is -2.43. The van der Waals surface area contributed by atoms with E-state index in [1.807, 2.05) is 134 Å². The molecule has 0 aliphatic heterocycles. The summed E-state index contributed by atoms with van der Waals surface area (Å²) in [6.07, 6.45) is 11.4. The predicted molar refractivity (Wildman–Crippen MR) is 452 cm³/mol. The van der Waals surface area contributed by atoms with E-state index >= 15 is 0 Å². The van der Waals surface area contributed by atoms with Gasteiger partial charge in [-0.25, -0.2) is 24.0 Å². The Kier molecular flexibility index (Phi) is 39.8. The number of hydrogen-bond donors (Lipinski definition) is 2. The highest BCUT2D eigenvalue weighted by atomic mass is 28.4. The van der Waals surface area contributed by atoms with Gasteiger partial charge in [-0.3, -0.25) is 0 Å². The minimum atomic E-state index is -2.63. The highest BCUT2D eigenvalue weighted by Gasteiger charge is 2.50. The third-order valence-corrected chi connectivity index (χ3v) is 23.2. The summed E-state index contributed by atoms with van der Waals surface area (Å²) in [7, 11) is 7.38. The van der Waals surface area contributed by atoms with Crippen molar-refractivity contribution in [3.05, 3.63) is 194 Å². The molecule has 5 heterocycles. The molecule has 0 radical (unpaired) electrons. The maximum atomic E-state index is 13.0. The number of rotatable bonds is 27. The topological polar surface area (TPSA) is 289 Å². The number of methoxy groups -OCH3 is 1. The number of aliphatic hydroxyl groups excluding tert-OH is 2. The van der Waals surface area contributed by atoms with E-state index in [2.05, 4.69) is 88.4 Å². The lowest BCUT2D eigenvalue weighted by atomic mass is 9.95. The molecule has 10 atom stereocenters. The van der Waals surface area contributed by atoms with Crippen LogP contribution in [0.3, 0.4) is 0 Å². The normalized spacial score (nSPS) is 14.5. The molecule has 7 rings (SSSR count). The summed E-state index contributed by atoms with van der Waals surface area (Å²) in [6.45, 7) is 44.6. The first kappa shape index (κ1) is 101. The number of furan rings is 5.